The van der Waals surface area contributed by atoms with E-state index in [0.29, 0.717) is 36.2 Å². The van der Waals surface area contributed by atoms with Gasteiger partial charge in [-0.1, -0.05) is 23.7 Å². The van der Waals surface area contributed by atoms with E-state index in [2.05, 4.69) is 18.2 Å². The number of nitriles is 1. The van der Waals surface area contributed by atoms with Crippen molar-refractivity contribution in [3.8, 4) is 6.07 Å². The fourth-order valence-corrected chi connectivity index (χ4v) is 6.24. The van der Waals surface area contributed by atoms with Crippen molar-refractivity contribution in [3.63, 3.8) is 0 Å². The molecule has 4 nitrogen and oxygen atoms in total. The molecule has 0 amide bonds. The third-order valence-electron chi connectivity index (χ3n) is 7.96. The van der Waals surface area contributed by atoms with Crippen LogP contribution in [0.15, 0.2) is 30.3 Å². The molecule has 1 saturated heterocycles. The Morgan fingerprint density at radius 3 is 2.53 bits per heavy atom. The highest BCUT2D eigenvalue weighted by atomic mass is 35.5. The summed E-state index contributed by atoms with van der Waals surface area (Å²) in [7, 11) is 0. The van der Waals surface area contributed by atoms with Gasteiger partial charge in [-0.2, -0.15) is 5.26 Å². The maximum absolute atomic E-state index is 14.1. The number of nitrogen functional groups attached to an aromatic ring is 1. The molecule has 1 heterocycles. The molecule has 5 rings (SSSR count). The van der Waals surface area contributed by atoms with Gasteiger partial charge in [-0.25, -0.2) is 4.39 Å². The van der Waals surface area contributed by atoms with E-state index < -0.39 is 5.82 Å². The second kappa shape index (κ2) is 9.34. The normalized spacial score (nSPS) is 22.5. The van der Waals surface area contributed by atoms with Crippen LogP contribution in [0.2, 0.25) is 5.02 Å². The number of aryl methyl sites for hydroxylation is 2. The largest absolute Gasteiger partial charge is 0.395 e. The van der Waals surface area contributed by atoms with E-state index in [4.69, 9.17) is 26.8 Å². The van der Waals surface area contributed by atoms with Crippen LogP contribution in [-0.4, -0.2) is 19.0 Å². The number of halogens is 2. The zero-order valence-electron chi connectivity index (χ0n) is 19.5. The number of nitrogens with two attached hydrogens (primary N) is 1. The molecule has 0 aromatic heterocycles. The Hall–Kier alpha value is -2.39. The van der Waals surface area contributed by atoms with E-state index in [9.17, 15) is 9.65 Å². The predicted octanol–water partition coefficient (Wildman–Crippen LogP) is 6.56. The molecule has 1 unspecified atom stereocenters. The molecule has 0 radical (unpaired) electrons. The molecule has 2 aliphatic carbocycles. The van der Waals surface area contributed by atoms with Crippen molar-refractivity contribution < 1.29 is 13.9 Å². The minimum atomic E-state index is -0.521. The van der Waals surface area contributed by atoms with E-state index in [1.807, 2.05) is 13.0 Å². The first-order chi connectivity index (χ1) is 16.4. The van der Waals surface area contributed by atoms with Crippen LogP contribution in [0.1, 0.15) is 66.3 Å². The van der Waals surface area contributed by atoms with E-state index >= 15 is 0 Å². The first-order valence-corrected chi connectivity index (χ1v) is 12.5. The van der Waals surface area contributed by atoms with Crippen LogP contribution in [0.4, 0.5) is 10.1 Å². The van der Waals surface area contributed by atoms with E-state index in [-0.39, 0.29) is 16.5 Å². The molecule has 178 valence electrons. The molecule has 2 fully saturated rings. The Labute approximate surface area is 205 Å². The lowest BCUT2D eigenvalue weighted by Gasteiger charge is -2.39. The summed E-state index contributed by atoms with van der Waals surface area (Å²) in [6.07, 6.45) is 9.23. The average molecular weight is 481 g/mol. The number of ether oxygens (including phenoxy) is 2. The summed E-state index contributed by atoms with van der Waals surface area (Å²) in [6, 6.07) is 9.45. The standard InChI is InChI=1S/C28H30ClFN2O2/c1-17-14-20-3-2-18(19-8-10-28(11-9-19)33-12-13-34-28)4-5-22(24(20)15-21(17)16-31)23-6-7-25(30)27(32)26(23)29/h5-7,14-15,18-19H,2-4,8-13,32H2,1H3. The van der Waals surface area contributed by atoms with Gasteiger partial charge in [-0.3, -0.25) is 0 Å². The van der Waals surface area contributed by atoms with Crippen molar-refractivity contribution in [1.82, 2.24) is 0 Å². The van der Waals surface area contributed by atoms with Crippen LogP contribution in [0.3, 0.4) is 0 Å². The van der Waals surface area contributed by atoms with Crippen molar-refractivity contribution in [1.29, 1.82) is 5.26 Å². The molecular formula is C28H30ClFN2O2. The number of nitrogens with zero attached hydrogens (tertiary/aromatic N) is 1. The van der Waals surface area contributed by atoms with Gasteiger partial charge in [-0.05, 0) is 91.3 Å². The van der Waals surface area contributed by atoms with Gasteiger partial charge in [0.2, 0.25) is 0 Å². The fourth-order valence-electron chi connectivity index (χ4n) is 5.98. The van der Waals surface area contributed by atoms with E-state index in [0.717, 1.165) is 61.6 Å². The number of anilines is 1. The SMILES string of the molecule is Cc1cc2c(cc1C#N)C(c1ccc(F)c(N)c1Cl)=CCC(C1CCC3(CC1)OCCO3)CC2. The molecule has 2 aromatic rings. The Bertz CT molecular complexity index is 1170. The van der Waals surface area contributed by atoms with Crippen molar-refractivity contribution in [3.05, 3.63) is 69.0 Å². The average Bonchev–Trinajstić information content (AvgIpc) is 3.28. The first kappa shape index (κ1) is 23.4. The minimum absolute atomic E-state index is 0.0398. The summed E-state index contributed by atoms with van der Waals surface area (Å²) in [5.41, 5.74) is 11.4. The number of hydrogen-bond acceptors (Lipinski definition) is 4. The van der Waals surface area contributed by atoms with Crippen LogP contribution in [0, 0.1) is 35.9 Å². The predicted molar refractivity (Wildman–Crippen MR) is 132 cm³/mol. The molecule has 1 atom stereocenters. The summed E-state index contributed by atoms with van der Waals surface area (Å²) in [5, 5.41) is 9.88. The summed E-state index contributed by atoms with van der Waals surface area (Å²) in [6.45, 7) is 3.37. The third kappa shape index (κ3) is 4.24. The Balaban J connectivity index is 1.51. The number of benzene rings is 2. The number of hydrogen-bond donors (Lipinski definition) is 1. The second-order valence-electron chi connectivity index (χ2n) is 9.86. The maximum atomic E-state index is 14.1. The van der Waals surface area contributed by atoms with Gasteiger partial charge in [0.15, 0.2) is 5.79 Å². The van der Waals surface area contributed by atoms with Gasteiger partial charge in [0.1, 0.15) is 5.82 Å². The van der Waals surface area contributed by atoms with E-state index in [1.165, 1.54) is 11.6 Å². The van der Waals surface area contributed by atoms with Gasteiger partial charge in [0.25, 0.3) is 0 Å². The zero-order chi connectivity index (χ0) is 23.9. The summed E-state index contributed by atoms with van der Waals surface area (Å²) in [5.74, 6) is 0.253. The van der Waals surface area contributed by atoms with Gasteiger partial charge in [-0.15, -0.1) is 0 Å². The van der Waals surface area contributed by atoms with Crippen LogP contribution in [-0.2, 0) is 15.9 Å². The molecular weight excluding hydrogens is 451 g/mol. The van der Waals surface area contributed by atoms with E-state index in [1.54, 1.807) is 6.07 Å². The van der Waals surface area contributed by atoms with Gasteiger partial charge >= 0.3 is 0 Å². The highest BCUT2D eigenvalue weighted by molar-refractivity contribution is 6.35. The quantitative estimate of drug-likeness (QED) is 0.494. The molecule has 1 saturated carbocycles. The second-order valence-corrected chi connectivity index (χ2v) is 10.2. The molecule has 6 heteroatoms. The van der Waals surface area contributed by atoms with Crippen LogP contribution >= 0.6 is 11.6 Å². The Morgan fingerprint density at radius 1 is 1.09 bits per heavy atom. The molecule has 1 spiro atoms. The van der Waals surface area contributed by atoms with Gasteiger partial charge < -0.3 is 15.2 Å². The highest BCUT2D eigenvalue weighted by Gasteiger charge is 2.41. The number of rotatable bonds is 2. The fraction of sp³-hybridized carbons (Fsp3) is 0.464. The zero-order valence-corrected chi connectivity index (χ0v) is 20.3. The molecule has 2 aromatic carbocycles. The lowest BCUT2D eigenvalue weighted by Crippen LogP contribution is -2.37. The van der Waals surface area contributed by atoms with Crippen molar-refractivity contribution in [2.75, 3.05) is 18.9 Å². The summed E-state index contributed by atoms with van der Waals surface area (Å²) < 4.78 is 25.9. The number of fused-ring (bicyclic) bond motifs is 1. The molecule has 3 aliphatic rings. The minimum Gasteiger partial charge on any atom is -0.395 e. The third-order valence-corrected chi connectivity index (χ3v) is 8.37. The van der Waals surface area contributed by atoms with Crippen LogP contribution in [0.5, 0.6) is 0 Å². The van der Waals surface area contributed by atoms with Gasteiger partial charge in [0, 0.05) is 18.4 Å². The molecule has 1 aliphatic heterocycles. The van der Waals surface area contributed by atoms with Gasteiger partial charge in [0.05, 0.1) is 35.6 Å². The smallest absolute Gasteiger partial charge is 0.168 e. The monoisotopic (exact) mass is 480 g/mol. The lowest BCUT2D eigenvalue weighted by molar-refractivity contribution is -0.184. The molecule has 0 bridgehead atoms. The first-order valence-electron chi connectivity index (χ1n) is 12.2. The Kier molecular flexibility index (Phi) is 6.41. The molecule has 34 heavy (non-hydrogen) atoms. The van der Waals surface area contributed by atoms with Crippen LogP contribution in [0.25, 0.3) is 5.57 Å². The summed E-state index contributed by atoms with van der Waals surface area (Å²) >= 11 is 6.55. The van der Waals surface area contributed by atoms with Crippen molar-refractivity contribution >= 4 is 22.9 Å². The topological polar surface area (TPSA) is 68.3 Å². The maximum Gasteiger partial charge on any atom is 0.168 e. The lowest BCUT2D eigenvalue weighted by atomic mass is 9.72. The summed E-state index contributed by atoms with van der Waals surface area (Å²) in [4.78, 5) is 0. The molecule has 2 N–H and O–H groups in total. The van der Waals surface area contributed by atoms with Crippen molar-refractivity contribution in [2.24, 2.45) is 11.8 Å². The van der Waals surface area contributed by atoms with Crippen molar-refractivity contribution in [2.45, 2.75) is 57.7 Å². The Morgan fingerprint density at radius 2 is 1.82 bits per heavy atom. The number of allylic oxidation sites excluding steroid dienone is 1. The highest BCUT2D eigenvalue weighted by Crippen LogP contribution is 2.45. The van der Waals surface area contributed by atoms with Crippen LogP contribution < -0.4 is 5.73 Å².